The number of benzene rings is 2. The number of anilines is 1. The van der Waals surface area contributed by atoms with E-state index < -0.39 is 0 Å². The molecular formula is C24H19Cl2N3O2S. The summed E-state index contributed by atoms with van der Waals surface area (Å²) in [6, 6.07) is 16.6. The second-order valence-corrected chi connectivity index (χ2v) is 8.63. The maximum absolute atomic E-state index is 12.3. The van der Waals surface area contributed by atoms with E-state index >= 15 is 0 Å². The van der Waals surface area contributed by atoms with E-state index in [1.807, 2.05) is 41.8 Å². The predicted octanol–water partition coefficient (Wildman–Crippen LogP) is 6.98. The second kappa shape index (κ2) is 10.6. The van der Waals surface area contributed by atoms with Gasteiger partial charge in [-0.3, -0.25) is 9.78 Å². The second-order valence-electron chi connectivity index (χ2n) is 6.93. The Kier molecular flexibility index (Phi) is 7.37. The first kappa shape index (κ1) is 22.3. The van der Waals surface area contributed by atoms with Crippen molar-refractivity contribution >= 4 is 46.1 Å². The molecule has 32 heavy (non-hydrogen) atoms. The van der Waals surface area contributed by atoms with Crippen LogP contribution in [-0.2, 0) is 4.79 Å². The van der Waals surface area contributed by atoms with Gasteiger partial charge in [-0.25, -0.2) is 4.98 Å². The Morgan fingerprint density at radius 2 is 1.88 bits per heavy atom. The van der Waals surface area contributed by atoms with Gasteiger partial charge in [-0.1, -0.05) is 35.3 Å². The third-order valence-corrected chi connectivity index (χ3v) is 6.00. The van der Waals surface area contributed by atoms with Crippen molar-refractivity contribution in [1.29, 1.82) is 0 Å². The van der Waals surface area contributed by atoms with Crippen LogP contribution in [0, 0.1) is 0 Å². The maximum atomic E-state index is 12.3. The topological polar surface area (TPSA) is 64.1 Å². The van der Waals surface area contributed by atoms with E-state index in [4.69, 9.17) is 32.9 Å². The molecule has 2 heterocycles. The number of carbonyl (C=O) groups excluding carboxylic acids is 1. The van der Waals surface area contributed by atoms with E-state index in [2.05, 4.69) is 10.3 Å². The van der Waals surface area contributed by atoms with Gasteiger partial charge in [0, 0.05) is 46.0 Å². The zero-order valence-corrected chi connectivity index (χ0v) is 19.3. The standard InChI is InChI=1S/C24H19Cl2N3O2S/c25-18-6-7-22(20(26)14-18)31-12-2-5-23(30)28-19-4-1-3-17(13-19)21-15-32-24(29-21)16-8-10-27-11-9-16/h1,3-4,6-11,13-15H,2,5,12H2,(H,28,30). The van der Waals surface area contributed by atoms with E-state index in [9.17, 15) is 4.79 Å². The van der Waals surface area contributed by atoms with Gasteiger partial charge in [0.05, 0.1) is 17.3 Å². The van der Waals surface area contributed by atoms with Crippen molar-refractivity contribution in [3.63, 3.8) is 0 Å². The summed E-state index contributed by atoms with van der Waals surface area (Å²) in [5.74, 6) is 0.474. The number of pyridine rings is 1. The van der Waals surface area contributed by atoms with E-state index in [0.29, 0.717) is 35.2 Å². The Hall–Kier alpha value is -2.93. The zero-order valence-electron chi connectivity index (χ0n) is 16.9. The van der Waals surface area contributed by atoms with Gasteiger partial charge in [-0.15, -0.1) is 11.3 Å². The average molecular weight is 484 g/mol. The molecule has 0 aliphatic carbocycles. The highest BCUT2D eigenvalue weighted by Gasteiger charge is 2.09. The molecule has 0 saturated heterocycles. The van der Waals surface area contributed by atoms with Crippen molar-refractivity contribution in [3.05, 3.63) is 82.4 Å². The van der Waals surface area contributed by atoms with E-state index in [-0.39, 0.29) is 5.91 Å². The number of rotatable bonds is 8. The number of aromatic nitrogens is 2. The summed E-state index contributed by atoms with van der Waals surface area (Å²) in [6.07, 6.45) is 4.40. The van der Waals surface area contributed by atoms with E-state index in [1.165, 1.54) is 0 Å². The molecule has 0 bridgehead atoms. The van der Waals surface area contributed by atoms with Crippen LogP contribution in [0.15, 0.2) is 72.4 Å². The maximum Gasteiger partial charge on any atom is 0.224 e. The van der Waals surface area contributed by atoms with Crippen molar-refractivity contribution in [2.24, 2.45) is 0 Å². The highest BCUT2D eigenvalue weighted by atomic mass is 35.5. The molecule has 4 aromatic rings. The minimum Gasteiger partial charge on any atom is -0.492 e. The first-order valence-electron chi connectivity index (χ1n) is 9.92. The quantitative estimate of drug-likeness (QED) is 0.274. The number of ether oxygens (including phenoxy) is 1. The lowest BCUT2D eigenvalue weighted by atomic mass is 10.1. The number of hydrogen-bond acceptors (Lipinski definition) is 5. The summed E-state index contributed by atoms with van der Waals surface area (Å²) in [6.45, 7) is 0.380. The number of hydrogen-bond donors (Lipinski definition) is 1. The number of amides is 1. The van der Waals surface area contributed by atoms with Crippen molar-refractivity contribution < 1.29 is 9.53 Å². The van der Waals surface area contributed by atoms with Gasteiger partial charge in [0.2, 0.25) is 5.91 Å². The van der Waals surface area contributed by atoms with Crippen LogP contribution in [0.5, 0.6) is 5.75 Å². The first-order chi connectivity index (χ1) is 15.6. The highest BCUT2D eigenvalue weighted by molar-refractivity contribution is 7.13. The molecule has 0 unspecified atom stereocenters. The van der Waals surface area contributed by atoms with Crippen LogP contribution in [0.3, 0.4) is 0 Å². The number of nitrogens with zero attached hydrogens (tertiary/aromatic N) is 2. The molecule has 2 aromatic carbocycles. The van der Waals surface area contributed by atoms with Crippen molar-refractivity contribution in [3.8, 4) is 27.6 Å². The molecule has 0 fully saturated rings. The lowest BCUT2D eigenvalue weighted by molar-refractivity contribution is -0.116. The van der Waals surface area contributed by atoms with Crippen molar-refractivity contribution in [1.82, 2.24) is 9.97 Å². The number of halogens is 2. The van der Waals surface area contributed by atoms with Crippen LogP contribution in [0.2, 0.25) is 10.0 Å². The van der Waals surface area contributed by atoms with Crippen LogP contribution in [0.4, 0.5) is 5.69 Å². The van der Waals surface area contributed by atoms with E-state index in [1.54, 1.807) is 41.9 Å². The molecule has 1 amide bonds. The highest BCUT2D eigenvalue weighted by Crippen LogP contribution is 2.30. The van der Waals surface area contributed by atoms with Crippen LogP contribution in [-0.4, -0.2) is 22.5 Å². The van der Waals surface area contributed by atoms with Gasteiger partial charge in [-0.05, 0) is 48.9 Å². The van der Waals surface area contributed by atoms with Crippen LogP contribution < -0.4 is 10.1 Å². The molecule has 0 aliphatic rings. The lowest BCUT2D eigenvalue weighted by Crippen LogP contribution is -2.12. The normalized spacial score (nSPS) is 10.7. The largest absolute Gasteiger partial charge is 0.492 e. The molecule has 0 saturated carbocycles. The molecule has 4 rings (SSSR count). The summed E-state index contributed by atoms with van der Waals surface area (Å²) in [5.41, 5.74) is 3.57. The van der Waals surface area contributed by atoms with Crippen LogP contribution in [0.25, 0.3) is 21.8 Å². The Morgan fingerprint density at radius 3 is 2.69 bits per heavy atom. The van der Waals surface area contributed by atoms with Gasteiger partial charge < -0.3 is 10.1 Å². The van der Waals surface area contributed by atoms with Crippen LogP contribution in [0.1, 0.15) is 12.8 Å². The molecule has 162 valence electrons. The predicted molar refractivity (Wildman–Crippen MR) is 131 cm³/mol. The third-order valence-electron chi connectivity index (χ3n) is 4.57. The van der Waals surface area contributed by atoms with Crippen molar-refractivity contribution in [2.45, 2.75) is 12.8 Å². The minimum absolute atomic E-state index is 0.0799. The molecule has 2 aromatic heterocycles. The summed E-state index contributed by atoms with van der Waals surface area (Å²) < 4.78 is 5.63. The Balaban J connectivity index is 1.31. The fourth-order valence-electron chi connectivity index (χ4n) is 3.02. The van der Waals surface area contributed by atoms with Crippen LogP contribution >= 0.6 is 34.5 Å². The molecule has 1 N–H and O–H groups in total. The Labute approximate surface area is 200 Å². The zero-order chi connectivity index (χ0) is 22.3. The number of carbonyl (C=O) groups is 1. The summed E-state index contributed by atoms with van der Waals surface area (Å²) in [4.78, 5) is 21.1. The molecule has 0 atom stereocenters. The first-order valence-corrected chi connectivity index (χ1v) is 11.6. The minimum atomic E-state index is -0.0799. The SMILES string of the molecule is O=C(CCCOc1ccc(Cl)cc1Cl)Nc1cccc(-c2csc(-c3ccncc3)n2)c1. The molecule has 0 aliphatic heterocycles. The van der Waals surface area contributed by atoms with E-state index in [0.717, 1.165) is 27.5 Å². The molecule has 5 nitrogen and oxygen atoms in total. The molecule has 0 spiro atoms. The Morgan fingerprint density at radius 1 is 1.03 bits per heavy atom. The molecular weight excluding hydrogens is 465 g/mol. The summed E-state index contributed by atoms with van der Waals surface area (Å²) in [5, 5.41) is 6.88. The smallest absolute Gasteiger partial charge is 0.224 e. The fourth-order valence-corrected chi connectivity index (χ4v) is 4.32. The summed E-state index contributed by atoms with van der Waals surface area (Å²) in [7, 11) is 0. The van der Waals surface area contributed by atoms with Crippen molar-refractivity contribution in [2.75, 3.05) is 11.9 Å². The molecule has 8 heteroatoms. The Bertz CT molecular complexity index is 1210. The summed E-state index contributed by atoms with van der Waals surface area (Å²) >= 11 is 13.5. The fraction of sp³-hybridized carbons (Fsp3) is 0.125. The van der Waals surface area contributed by atoms with Gasteiger partial charge in [0.25, 0.3) is 0 Å². The van der Waals surface area contributed by atoms with Gasteiger partial charge in [0.15, 0.2) is 0 Å². The van der Waals surface area contributed by atoms with Gasteiger partial charge in [-0.2, -0.15) is 0 Å². The van der Waals surface area contributed by atoms with Gasteiger partial charge >= 0.3 is 0 Å². The monoisotopic (exact) mass is 483 g/mol. The third kappa shape index (κ3) is 5.85. The number of nitrogens with one attached hydrogen (secondary N) is 1. The molecule has 0 radical (unpaired) electrons. The number of thiazole rings is 1. The lowest BCUT2D eigenvalue weighted by Gasteiger charge is -2.09. The van der Waals surface area contributed by atoms with Gasteiger partial charge in [0.1, 0.15) is 10.8 Å². The average Bonchev–Trinajstić information content (AvgIpc) is 3.29.